The summed E-state index contributed by atoms with van der Waals surface area (Å²) in [4.78, 5) is 13.4. The van der Waals surface area contributed by atoms with Crippen LogP contribution < -0.4 is 10.6 Å². The van der Waals surface area contributed by atoms with Gasteiger partial charge in [-0.15, -0.1) is 0 Å². The molecule has 0 aliphatic rings. The Morgan fingerprint density at radius 1 is 1.04 bits per heavy atom. The Labute approximate surface area is 174 Å². The maximum absolute atomic E-state index is 9.64. The Hall–Kier alpha value is -2.41. The van der Waals surface area contributed by atoms with Crippen LogP contribution >= 0.6 is 23.2 Å². The van der Waals surface area contributed by atoms with Crippen molar-refractivity contribution >= 4 is 40.7 Å². The van der Waals surface area contributed by atoms with E-state index in [1.54, 1.807) is 24.4 Å². The minimum atomic E-state index is -0.179. The standard InChI is InChI=1S/C20H21Cl2N5O/c1-12(2)17(11-28)26-20-25-16(14-7-3-4-9-23-14)10-18(27-20)24-15-8-5-6-13(21)19(15)22/h3-10,12,17,28H,11H2,1-2H3,(H2,24,25,26,27)/t17-/m0/s1. The number of aliphatic hydroxyl groups is 1. The van der Waals surface area contributed by atoms with Crippen molar-refractivity contribution in [3.63, 3.8) is 0 Å². The average Bonchev–Trinajstić information content (AvgIpc) is 2.70. The molecule has 2 heterocycles. The number of rotatable bonds is 7. The maximum atomic E-state index is 9.64. The second kappa shape index (κ2) is 9.19. The van der Waals surface area contributed by atoms with Crippen LogP contribution in [0.4, 0.5) is 17.5 Å². The first-order chi connectivity index (χ1) is 13.5. The summed E-state index contributed by atoms with van der Waals surface area (Å²) in [6.45, 7) is 4.00. The normalized spacial score (nSPS) is 12.1. The van der Waals surface area contributed by atoms with Crippen LogP contribution in [-0.2, 0) is 0 Å². The van der Waals surface area contributed by atoms with Crippen LogP contribution in [0.15, 0.2) is 48.7 Å². The van der Waals surface area contributed by atoms with Gasteiger partial charge < -0.3 is 15.7 Å². The third-order valence-corrected chi connectivity index (χ3v) is 5.00. The van der Waals surface area contributed by atoms with Gasteiger partial charge in [0.1, 0.15) is 5.82 Å². The number of halogens is 2. The van der Waals surface area contributed by atoms with Gasteiger partial charge in [0, 0.05) is 12.3 Å². The van der Waals surface area contributed by atoms with E-state index >= 15 is 0 Å². The third-order valence-electron chi connectivity index (χ3n) is 4.18. The van der Waals surface area contributed by atoms with Crippen molar-refractivity contribution in [1.82, 2.24) is 15.0 Å². The van der Waals surface area contributed by atoms with Crippen molar-refractivity contribution < 1.29 is 5.11 Å². The van der Waals surface area contributed by atoms with Gasteiger partial charge in [0.15, 0.2) is 0 Å². The fourth-order valence-electron chi connectivity index (χ4n) is 2.55. The van der Waals surface area contributed by atoms with Crippen molar-refractivity contribution in [3.05, 3.63) is 58.7 Å². The molecule has 0 aliphatic heterocycles. The number of hydrogen-bond donors (Lipinski definition) is 3. The smallest absolute Gasteiger partial charge is 0.225 e. The molecule has 0 fully saturated rings. The van der Waals surface area contributed by atoms with Crippen LogP contribution in [0.3, 0.4) is 0 Å². The van der Waals surface area contributed by atoms with E-state index in [1.807, 2.05) is 38.1 Å². The monoisotopic (exact) mass is 417 g/mol. The minimum absolute atomic E-state index is 0.0300. The molecule has 0 saturated heterocycles. The van der Waals surface area contributed by atoms with Crippen molar-refractivity contribution in [2.75, 3.05) is 17.2 Å². The molecule has 0 amide bonds. The molecule has 146 valence electrons. The molecular formula is C20H21Cl2N5O. The van der Waals surface area contributed by atoms with Gasteiger partial charge in [0.2, 0.25) is 5.95 Å². The summed E-state index contributed by atoms with van der Waals surface area (Å²) in [5.74, 6) is 1.12. The molecule has 3 aromatic rings. The Bertz CT molecular complexity index is 937. The van der Waals surface area contributed by atoms with E-state index in [1.165, 1.54) is 0 Å². The molecule has 8 heteroatoms. The van der Waals surface area contributed by atoms with Crippen molar-refractivity contribution in [2.24, 2.45) is 5.92 Å². The quantitative estimate of drug-likeness (QED) is 0.500. The molecule has 1 aromatic carbocycles. The highest BCUT2D eigenvalue weighted by molar-refractivity contribution is 6.43. The number of aliphatic hydroxyl groups excluding tert-OH is 1. The molecule has 3 rings (SSSR count). The number of pyridine rings is 1. The van der Waals surface area contributed by atoms with Crippen molar-refractivity contribution in [3.8, 4) is 11.4 Å². The number of anilines is 3. The zero-order chi connectivity index (χ0) is 20.1. The molecule has 3 N–H and O–H groups in total. The van der Waals surface area contributed by atoms with E-state index in [0.29, 0.717) is 38.9 Å². The average molecular weight is 418 g/mol. The second-order valence-electron chi connectivity index (χ2n) is 6.58. The van der Waals surface area contributed by atoms with E-state index < -0.39 is 0 Å². The van der Waals surface area contributed by atoms with E-state index in [9.17, 15) is 5.11 Å². The van der Waals surface area contributed by atoms with Gasteiger partial charge in [0.05, 0.1) is 39.8 Å². The van der Waals surface area contributed by atoms with Gasteiger partial charge in [-0.3, -0.25) is 4.98 Å². The van der Waals surface area contributed by atoms with Crippen LogP contribution in [0.5, 0.6) is 0 Å². The van der Waals surface area contributed by atoms with Crippen LogP contribution in [0.2, 0.25) is 10.0 Å². The first-order valence-corrected chi connectivity index (χ1v) is 9.62. The van der Waals surface area contributed by atoms with E-state index in [2.05, 4.69) is 25.6 Å². The summed E-state index contributed by atoms with van der Waals surface area (Å²) in [6, 6.07) is 12.5. The van der Waals surface area contributed by atoms with Crippen LogP contribution in [0.1, 0.15) is 13.8 Å². The lowest BCUT2D eigenvalue weighted by atomic mass is 10.1. The Morgan fingerprint density at radius 2 is 1.86 bits per heavy atom. The van der Waals surface area contributed by atoms with Gasteiger partial charge in [-0.1, -0.05) is 49.2 Å². The molecule has 28 heavy (non-hydrogen) atoms. The molecule has 2 aromatic heterocycles. The lowest BCUT2D eigenvalue weighted by Gasteiger charge is -2.20. The zero-order valence-corrected chi connectivity index (χ0v) is 17.0. The Kier molecular flexibility index (Phi) is 6.67. The summed E-state index contributed by atoms with van der Waals surface area (Å²) in [7, 11) is 0. The molecule has 0 spiro atoms. The molecule has 0 unspecified atom stereocenters. The predicted molar refractivity (Wildman–Crippen MR) is 114 cm³/mol. The predicted octanol–water partition coefficient (Wildman–Crippen LogP) is 5.02. The highest BCUT2D eigenvalue weighted by Crippen LogP contribution is 2.32. The van der Waals surface area contributed by atoms with E-state index in [0.717, 1.165) is 0 Å². The maximum Gasteiger partial charge on any atom is 0.225 e. The van der Waals surface area contributed by atoms with Crippen molar-refractivity contribution in [1.29, 1.82) is 0 Å². The summed E-state index contributed by atoms with van der Waals surface area (Å²) < 4.78 is 0. The molecular weight excluding hydrogens is 397 g/mol. The number of hydrogen-bond acceptors (Lipinski definition) is 6. The van der Waals surface area contributed by atoms with Gasteiger partial charge in [-0.05, 0) is 30.2 Å². The summed E-state index contributed by atoms with van der Waals surface area (Å²) in [5.41, 5.74) is 1.98. The van der Waals surface area contributed by atoms with Gasteiger partial charge in [-0.2, -0.15) is 4.98 Å². The number of nitrogens with one attached hydrogen (secondary N) is 2. The first kappa shape index (κ1) is 20.3. The number of aromatic nitrogens is 3. The molecule has 0 radical (unpaired) electrons. The molecule has 6 nitrogen and oxygen atoms in total. The minimum Gasteiger partial charge on any atom is -0.394 e. The Morgan fingerprint density at radius 3 is 2.54 bits per heavy atom. The van der Waals surface area contributed by atoms with Crippen LogP contribution in [-0.4, -0.2) is 32.7 Å². The lowest BCUT2D eigenvalue weighted by Crippen LogP contribution is -2.30. The molecule has 0 aliphatic carbocycles. The molecule has 0 saturated carbocycles. The third kappa shape index (κ3) is 4.90. The summed E-state index contributed by atoms with van der Waals surface area (Å²) >= 11 is 12.4. The van der Waals surface area contributed by atoms with E-state index in [4.69, 9.17) is 23.2 Å². The topological polar surface area (TPSA) is 83.0 Å². The highest BCUT2D eigenvalue weighted by atomic mass is 35.5. The van der Waals surface area contributed by atoms with Crippen molar-refractivity contribution in [2.45, 2.75) is 19.9 Å². The molecule has 1 atom stereocenters. The molecule has 0 bridgehead atoms. The zero-order valence-electron chi connectivity index (χ0n) is 15.5. The second-order valence-corrected chi connectivity index (χ2v) is 7.37. The van der Waals surface area contributed by atoms with Gasteiger partial charge >= 0.3 is 0 Å². The number of benzene rings is 1. The SMILES string of the molecule is CC(C)[C@H](CO)Nc1nc(Nc2cccc(Cl)c2Cl)cc(-c2ccccn2)n1. The number of nitrogens with zero attached hydrogens (tertiary/aromatic N) is 3. The first-order valence-electron chi connectivity index (χ1n) is 8.87. The van der Waals surface area contributed by atoms with Crippen LogP contribution in [0, 0.1) is 5.92 Å². The fraction of sp³-hybridized carbons (Fsp3) is 0.250. The Balaban J connectivity index is 2.00. The van der Waals surface area contributed by atoms with Crippen LogP contribution in [0.25, 0.3) is 11.4 Å². The largest absolute Gasteiger partial charge is 0.394 e. The summed E-state index contributed by atoms with van der Waals surface area (Å²) in [6.07, 6.45) is 1.70. The fourth-order valence-corrected chi connectivity index (χ4v) is 2.90. The summed E-state index contributed by atoms with van der Waals surface area (Å²) in [5, 5.41) is 16.9. The highest BCUT2D eigenvalue weighted by Gasteiger charge is 2.16. The lowest BCUT2D eigenvalue weighted by molar-refractivity contribution is 0.248. The van der Waals surface area contributed by atoms with Gasteiger partial charge in [0.25, 0.3) is 0 Å². The van der Waals surface area contributed by atoms with Gasteiger partial charge in [-0.25, -0.2) is 4.98 Å². The van der Waals surface area contributed by atoms with E-state index in [-0.39, 0.29) is 18.6 Å².